The van der Waals surface area contributed by atoms with Gasteiger partial charge in [-0.3, -0.25) is 4.79 Å². The van der Waals surface area contributed by atoms with Crippen LogP contribution in [0.15, 0.2) is 42.5 Å². The Morgan fingerprint density at radius 3 is 2.47 bits per heavy atom. The summed E-state index contributed by atoms with van der Waals surface area (Å²) in [6.45, 7) is 0. The molecule has 0 bridgehead atoms. The van der Waals surface area contributed by atoms with Gasteiger partial charge in [-0.25, -0.2) is 0 Å². The molecule has 0 fully saturated rings. The Hall–Kier alpha value is -2.51. The first-order valence-electron chi connectivity index (χ1n) is 5.46. The first kappa shape index (κ1) is 12.9. The number of carbonyl (C=O) groups excluding carboxylic acids is 1. The van der Waals surface area contributed by atoms with Gasteiger partial charge in [0, 0.05) is 10.6 Å². The maximum atomic E-state index is 12.0. The third-order valence-corrected chi connectivity index (χ3v) is 2.79. The Kier molecular flexibility index (Phi) is 3.69. The molecule has 0 radical (unpaired) electrons. The Bertz CT molecular complexity index is 659. The fourth-order valence-electron chi connectivity index (χ4n) is 1.54. The van der Waals surface area contributed by atoms with E-state index in [1.165, 1.54) is 6.07 Å². The lowest BCUT2D eigenvalue weighted by Gasteiger charge is -2.08. The van der Waals surface area contributed by atoms with E-state index in [9.17, 15) is 4.79 Å². The van der Waals surface area contributed by atoms with Crippen molar-refractivity contribution in [3.05, 3.63) is 58.6 Å². The third kappa shape index (κ3) is 3.03. The molecule has 0 saturated heterocycles. The molecule has 5 heteroatoms. The molecular formula is C14H10ClN3O. The summed E-state index contributed by atoms with van der Waals surface area (Å²) in [4.78, 5) is 12.0. The summed E-state index contributed by atoms with van der Waals surface area (Å²) >= 11 is 5.75. The van der Waals surface area contributed by atoms with E-state index >= 15 is 0 Å². The van der Waals surface area contributed by atoms with Crippen molar-refractivity contribution in [3.8, 4) is 6.07 Å². The molecule has 0 saturated carbocycles. The normalized spacial score (nSPS) is 9.68. The smallest absolute Gasteiger partial charge is 0.255 e. The van der Waals surface area contributed by atoms with Gasteiger partial charge in [-0.05, 0) is 42.5 Å². The molecule has 0 spiro atoms. The van der Waals surface area contributed by atoms with Gasteiger partial charge in [-0.2, -0.15) is 5.26 Å². The molecule has 1 amide bonds. The second-order valence-electron chi connectivity index (χ2n) is 3.87. The van der Waals surface area contributed by atoms with Crippen LogP contribution in [0, 0.1) is 11.3 Å². The molecule has 4 nitrogen and oxygen atoms in total. The van der Waals surface area contributed by atoms with E-state index in [-0.39, 0.29) is 5.91 Å². The number of hydrogen-bond donors (Lipinski definition) is 2. The predicted molar refractivity (Wildman–Crippen MR) is 75.0 cm³/mol. The fourth-order valence-corrected chi connectivity index (χ4v) is 1.67. The van der Waals surface area contributed by atoms with Gasteiger partial charge in [0.05, 0.1) is 23.0 Å². The standard InChI is InChI=1S/C14H10ClN3O/c15-11-4-2-10(3-5-11)14(19)18-13-6-1-9(8-16)7-12(13)17/h1-7H,17H2,(H,18,19). The van der Waals surface area contributed by atoms with Gasteiger partial charge in [0.2, 0.25) is 0 Å². The summed E-state index contributed by atoms with van der Waals surface area (Å²) in [5, 5.41) is 12.0. The Balaban J connectivity index is 2.20. The summed E-state index contributed by atoms with van der Waals surface area (Å²) in [5.41, 5.74) is 7.51. The summed E-state index contributed by atoms with van der Waals surface area (Å²) in [5.74, 6) is -0.284. The zero-order valence-corrected chi connectivity index (χ0v) is 10.6. The Morgan fingerprint density at radius 1 is 1.21 bits per heavy atom. The van der Waals surface area contributed by atoms with Crippen molar-refractivity contribution in [1.29, 1.82) is 5.26 Å². The van der Waals surface area contributed by atoms with Crippen molar-refractivity contribution in [3.63, 3.8) is 0 Å². The average Bonchev–Trinajstić information content (AvgIpc) is 2.41. The van der Waals surface area contributed by atoms with Crippen LogP contribution in [0.4, 0.5) is 11.4 Å². The van der Waals surface area contributed by atoms with Crippen molar-refractivity contribution >= 4 is 28.9 Å². The van der Waals surface area contributed by atoms with Crippen LogP contribution >= 0.6 is 11.6 Å². The van der Waals surface area contributed by atoms with Crippen molar-refractivity contribution in [2.75, 3.05) is 11.1 Å². The molecule has 2 aromatic rings. The lowest BCUT2D eigenvalue weighted by molar-refractivity contribution is 0.102. The van der Waals surface area contributed by atoms with Crippen LogP contribution < -0.4 is 11.1 Å². The highest BCUT2D eigenvalue weighted by molar-refractivity contribution is 6.30. The highest BCUT2D eigenvalue weighted by Gasteiger charge is 2.08. The van der Waals surface area contributed by atoms with E-state index in [2.05, 4.69) is 5.32 Å². The van der Waals surface area contributed by atoms with Crippen LogP contribution in [0.3, 0.4) is 0 Å². The van der Waals surface area contributed by atoms with Crippen LogP contribution in [0.5, 0.6) is 0 Å². The average molecular weight is 272 g/mol. The molecule has 0 aromatic heterocycles. The molecule has 94 valence electrons. The van der Waals surface area contributed by atoms with Crippen LogP contribution in [-0.4, -0.2) is 5.91 Å². The highest BCUT2D eigenvalue weighted by atomic mass is 35.5. The lowest BCUT2D eigenvalue weighted by atomic mass is 10.1. The molecule has 0 unspecified atom stereocenters. The quantitative estimate of drug-likeness (QED) is 0.824. The third-order valence-electron chi connectivity index (χ3n) is 2.54. The Labute approximate surface area is 115 Å². The molecular weight excluding hydrogens is 262 g/mol. The minimum atomic E-state index is -0.284. The number of hydrogen-bond acceptors (Lipinski definition) is 3. The van der Waals surface area contributed by atoms with Gasteiger partial charge in [-0.15, -0.1) is 0 Å². The van der Waals surface area contributed by atoms with E-state index in [0.29, 0.717) is 27.5 Å². The van der Waals surface area contributed by atoms with Gasteiger partial charge in [0.15, 0.2) is 0 Å². The van der Waals surface area contributed by atoms with Crippen molar-refractivity contribution in [2.45, 2.75) is 0 Å². The highest BCUT2D eigenvalue weighted by Crippen LogP contribution is 2.20. The van der Waals surface area contributed by atoms with E-state index < -0.39 is 0 Å². The first-order chi connectivity index (χ1) is 9.10. The lowest BCUT2D eigenvalue weighted by Crippen LogP contribution is -2.13. The molecule has 19 heavy (non-hydrogen) atoms. The second-order valence-corrected chi connectivity index (χ2v) is 4.31. The van der Waals surface area contributed by atoms with E-state index in [4.69, 9.17) is 22.6 Å². The fraction of sp³-hybridized carbons (Fsp3) is 0. The number of rotatable bonds is 2. The van der Waals surface area contributed by atoms with Crippen molar-refractivity contribution in [2.24, 2.45) is 0 Å². The van der Waals surface area contributed by atoms with Gasteiger partial charge >= 0.3 is 0 Å². The zero-order valence-electron chi connectivity index (χ0n) is 9.85. The topological polar surface area (TPSA) is 78.9 Å². The second kappa shape index (κ2) is 5.42. The van der Waals surface area contributed by atoms with Gasteiger partial charge < -0.3 is 11.1 Å². The summed E-state index contributed by atoms with van der Waals surface area (Å²) in [6.07, 6.45) is 0. The molecule has 2 rings (SSSR count). The number of nitriles is 1. The molecule has 2 aromatic carbocycles. The van der Waals surface area contributed by atoms with Gasteiger partial charge in [0.25, 0.3) is 5.91 Å². The zero-order chi connectivity index (χ0) is 13.8. The van der Waals surface area contributed by atoms with Crippen LogP contribution in [-0.2, 0) is 0 Å². The minimum absolute atomic E-state index is 0.284. The van der Waals surface area contributed by atoms with Crippen LogP contribution in [0.2, 0.25) is 5.02 Å². The number of nitrogens with one attached hydrogen (secondary N) is 1. The molecule has 0 heterocycles. The maximum Gasteiger partial charge on any atom is 0.255 e. The van der Waals surface area contributed by atoms with E-state index in [1.54, 1.807) is 36.4 Å². The van der Waals surface area contributed by atoms with E-state index in [0.717, 1.165) is 0 Å². The monoisotopic (exact) mass is 271 g/mol. The molecule has 0 aliphatic rings. The summed E-state index contributed by atoms with van der Waals surface area (Å²) in [7, 11) is 0. The molecule has 0 aliphatic heterocycles. The number of carbonyl (C=O) groups is 1. The summed E-state index contributed by atoms with van der Waals surface area (Å²) in [6, 6.07) is 13.2. The number of halogens is 1. The van der Waals surface area contributed by atoms with Crippen LogP contribution in [0.1, 0.15) is 15.9 Å². The number of anilines is 2. The van der Waals surface area contributed by atoms with Crippen LogP contribution in [0.25, 0.3) is 0 Å². The first-order valence-corrected chi connectivity index (χ1v) is 5.84. The Morgan fingerprint density at radius 2 is 1.89 bits per heavy atom. The number of nitrogens with zero attached hydrogens (tertiary/aromatic N) is 1. The SMILES string of the molecule is N#Cc1ccc(NC(=O)c2ccc(Cl)cc2)c(N)c1. The number of benzene rings is 2. The van der Waals surface area contributed by atoms with Crippen molar-refractivity contribution < 1.29 is 4.79 Å². The molecule has 0 aliphatic carbocycles. The molecule has 3 N–H and O–H groups in total. The molecule has 0 atom stereocenters. The van der Waals surface area contributed by atoms with Crippen molar-refractivity contribution in [1.82, 2.24) is 0 Å². The predicted octanol–water partition coefficient (Wildman–Crippen LogP) is 3.05. The van der Waals surface area contributed by atoms with Gasteiger partial charge in [-0.1, -0.05) is 11.6 Å². The largest absolute Gasteiger partial charge is 0.397 e. The summed E-state index contributed by atoms with van der Waals surface area (Å²) < 4.78 is 0. The number of nitrogen functional groups attached to an aromatic ring is 1. The van der Waals surface area contributed by atoms with E-state index in [1.807, 2.05) is 6.07 Å². The van der Waals surface area contributed by atoms with Gasteiger partial charge in [0.1, 0.15) is 0 Å². The minimum Gasteiger partial charge on any atom is -0.397 e. The number of nitrogens with two attached hydrogens (primary N) is 1. The number of amides is 1. The maximum absolute atomic E-state index is 12.0.